The molecule has 30 heavy (non-hydrogen) atoms. The van der Waals surface area contributed by atoms with E-state index in [2.05, 4.69) is 4.98 Å². The fourth-order valence-electron chi connectivity index (χ4n) is 3.75. The highest BCUT2D eigenvalue weighted by molar-refractivity contribution is 6.10. The summed E-state index contributed by atoms with van der Waals surface area (Å²) in [6.45, 7) is 0. The molecule has 0 radical (unpaired) electrons. The van der Waals surface area contributed by atoms with Crippen LogP contribution in [0.15, 0.2) is 97.2 Å². The number of aromatic hydroxyl groups is 1. The van der Waals surface area contributed by atoms with Crippen LogP contribution in [0.3, 0.4) is 0 Å². The number of hydrogen-bond donors (Lipinski definition) is 1. The Morgan fingerprint density at radius 1 is 0.700 bits per heavy atom. The molecule has 0 aliphatic rings. The molecule has 1 aromatic heterocycles. The number of aromatic nitrogens is 1. The van der Waals surface area contributed by atoms with Gasteiger partial charge in [-0.15, -0.1) is 0 Å². The summed E-state index contributed by atoms with van der Waals surface area (Å²) in [4.78, 5) is 16.8. The van der Waals surface area contributed by atoms with Gasteiger partial charge in [0.25, 0.3) is 0 Å². The number of esters is 1. The molecule has 0 saturated carbocycles. The normalized spacial score (nSPS) is 10.9. The van der Waals surface area contributed by atoms with E-state index in [1.807, 2.05) is 60.7 Å². The molecule has 4 nitrogen and oxygen atoms in total. The summed E-state index contributed by atoms with van der Waals surface area (Å²) >= 11 is 0. The van der Waals surface area contributed by atoms with Gasteiger partial charge in [-0.1, -0.05) is 66.7 Å². The lowest BCUT2D eigenvalue weighted by Crippen LogP contribution is -2.11. The number of nitrogens with zero attached hydrogens (tertiary/aromatic N) is 1. The Kier molecular flexibility index (Phi) is 4.37. The summed E-state index contributed by atoms with van der Waals surface area (Å²) in [5.74, 6) is -0.0527. The van der Waals surface area contributed by atoms with Gasteiger partial charge < -0.3 is 9.84 Å². The van der Waals surface area contributed by atoms with Crippen LogP contribution < -0.4 is 4.74 Å². The predicted octanol–water partition coefficient (Wildman–Crippen LogP) is 5.98. The van der Waals surface area contributed by atoms with Gasteiger partial charge >= 0.3 is 5.97 Å². The van der Waals surface area contributed by atoms with Gasteiger partial charge in [-0.2, -0.15) is 0 Å². The molecule has 0 saturated heterocycles. The fourth-order valence-corrected chi connectivity index (χ4v) is 3.75. The maximum atomic E-state index is 12.7. The zero-order chi connectivity index (χ0) is 20.5. The molecule has 1 heterocycles. The van der Waals surface area contributed by atoms with Crippen molar-refractivity contribution in [2.45, 2.75) is 0 Å². The molecule has 4 aromatic carbocycles. The third-order valence-corrected chi connectivity index (χ3v) is 5.12. The molecule has 4 heteroatoms. The molecule has 0 amide bonds. The zero-order valence-electron chi connectivity index (χ0n) is 15.9. The van der Waals surface area contributed by atoms with E-state index in [-0.39, 0.29) is 11.4 Å². The van der Waals surface area contributed by atoms with Crippen LogP contribution in [0.25, 0.3) is 32.7 Å². The molecule has 144 valence electrons. The second-order valence-corrected chi connectivity index (χ2v) is 6.95. The number of fused-ring (bicyclic) bond motifs is 2. The Balaban J connectivity index is 1.78. The van der Waals surface area contributed by atoms with Gasteiger partial charge in [-0.3, -0.25) is 0 Å². The molecule has 1 N–H and O–H groups in total. The summed E-state index contributed by atoms with van der Waals surface area (Å²) in [7, 11) is 0. The highest BCUT2D eigenvalue weighted by atomic mass is 16.5. The number of benzene rings is 4. The lowest BCUT2D eigenvalue weighted by molar-refractivity contribution is 0.0729. The van der Waals surface area contributed by atoms with Crippen molar-refractivity contribution >= 4 is 27.5 Å². The quantitative estimate of drug-likeness (QED) is 0.304. The average molecular weight is 391 g/mol. The maximum absolute atomic E-state index is 12.7. The topological polar surface area (TPSA) is 59.4 Å². The largest absolute Gasteiger partial charge is 0.507 e. The highest BCUT2D eigenvalue weighted by Crippen LogP contribution is 2.45. The maximum Gasteiger partial charge on any atom is 0.362 e. The van der Waals surface area contributed by atoms with Gasteiger partial charge in [-0.05, 0) is 45.8 Å². The van der Waals surface area contributed by atoms with Crippen LogP contribution in [-0.2, 0) is 0 Å². The molecule has 0 aliphatic heterocycles. The van der Waals surface area contributed by atoms with E-state index in [1.54, 1.807) is 36.5 Å². The lowest BCUT2D eigenvalue weighted by atomic mass is 9.92. The van der Waals surface area contributed by atoms with Crippen molar-refractivity contribution in [2.24, 2.45) is 0 Å². The third kappa shape index (κ3) is 3.05. The Morgan fingerprint density at radius 2 is 1.33 bits per heavy atom. The minimum absolute atomic E-state index is 0.125. The molecule has 0 aliphatic carbocycles. The van der Waals surface area contributed by atoms with Gasteiger partial charge in [0.2, 0.25) is 0 Å². The smallest absolute Gasteiger partial charge is 0.362 e. The van der Waals surface area contributed by atoms with Gasteiger partial charge in [-0.25, -0.2) is 9.78 Å². The number of phenols is 1. The lowest BCUT2D eigenvalue weighted by Gasteiger charge is -2.16. The van der Waals surface area contributed by atoms with Crippen LogP contribution in [0, 0.1) is 0 Å². The summed E-state index contributed by atoms with van der Waals surface area (Å²) in [5.41, 5.74) is 1.53. The fraction of sp³-hybridized carbons (Fsp3) is 0. The number of carbonyl (C=O) groups is 1. The minimum atomic E-state index is -0.549. The van der Waals surface area contributed by atoms with E-state index < -0.39 is 5.97 Å². The Hall–Kier alpha value is -4.18. The van der Waals surface area contributed by atoms with Crippen LogP contribution >= 0.6 is 0 Å². The first-order valence-electron chi connectivity index (χ1n) is 9.58. The summed E-state index contributed by atoms with van der Waals surface area (Å²) in [6.07, 6.45) is 1.55. The summed E-state index contributed by atoms with van der Waals surface area (Å²) < 4.78 is 5.79. The van der Waals surface area contributed by atoms with Crippen molar-refractivity contribution in [2.75, 3.05) is 0 Å². The highest BCUT2D eigenvalue weighted by Gasteiger charge is 2.20. The second kappa shape index (κ2) is 7.33. The monoisotopic (exact) mass is 391 g/mol. The van der Waals surface area contributed by atoms with Crippen molar-refractivity contribution in [3.05, 3.63) is 103 Å². The van der Waals surface area contributed by atoms with E-state index in [9.17, 15) is 9.90 Å². The van der Waals surface area contributed by atoms with Crippen LogP contribution in [0.4, 0.5) is 0 Å². The number of hydrogen-bond acceptors (Lipinski definition) is 4. The number of phenolic OH excluding ortho intramolecular Hbond substituents is 1. The van der Waals surface area contributed by atoms with E-state index in [0.29, 0.717) is 16.9 Å². The first-order chi connectivity index (χ1) is 14.7. The van der Waals surface area contributed by atoms with Crippen molar-refractivity contribution in [3.8, 4) is 22.6 Å². The van der Waals surface area contributed by atoms with Crippen molar-refractivity contribution < 1.29 is 14.6 Å². The molecule has 0 atom stereocenters. The molecule has 5 aromatic rings. The van der Waals surface area contributed by atoms with Gasteiger partial charge in [0, 0.05) is 17.3 Å². The Labute approximate surface area is 173 Å². The molecule has 0 fully saturated rings. The Bertz CT molecular complexity index is 1390. The third-order valence-electron chi connectivity index (χ3n) is 5.12. The molecule has 0 unspecified atom stereocenters. The average Bonchev–Trinajstić information content (AvgIpc) is 2.80. The summed E-state index contributed by atoms with van der Waals surface area (Å²) in [5, 5.41) is 14.6. The Morgan fingerprint density at radius 3 is 2.03 bits per heavy atom. The second-order valence-electron chi connectivity index (χ2n) is 6.95. The molecular weight excluding hydrogens is 374 g/mol. The molecular formula is C26H17NO3. The van der Waals surface area contributed by atoms with Gasteiger partial charge in [0.05, 0.1) is 0 Å². The molecule has 0 bridgehead atoms. The molecule has 0 spiro atoms. The zero-order valence-corrected chi connectivity index (χ0v) is 15.9. The standard InChI is InChI=1S/C26H17NO3/c28-22-14-12-17-7-1-3-9-19(17)24(22)25-20-10-4-2-8-18(20)13-15-23(25)30-26(29)21-11-5-6-16-27-21/h1-16,28H. The number of rotatable bonds is 3. The number of carbonyl (C=O) groups excluding carboxylic acids is 1. The first-order valence-corrected chi connectivity index (χ1v) is 9.58. The first kappa shape index (κ1) is 17.9. The number of pyridine rings is 1. The van der Waals surface area contributed by atoms with Crippen LogP contribution in [0.5, 0.6) is 11.5 Å². The van der Waals surface area contributed by atoms with E-state index in [4.69, 9.17) is 4.74 Å². The van der Waals surface area contributed by atoms with Crippen molar-refractivity contribution in [1.29, 1.82) is 0 Å². The van der Waals surface area contributed by atoms with E-state index in [0.717, 1.165) is 21.5 Å². The van der Waals surface area contributed by atoms with Crippen LogP contribution in [0.1, 0.15) is 10.5 Å². The van der Waals surface area contributed by atoms with Crippen molar-refractivity contribution in [1.82, 2.24) is 4.98 Å². The van der Waals surface area contributed by atoms with E-state index in [1.165, 1.54) is 0 Å². The van der Waals surface area contributed by atoms with Gasteiger partial charge in [0.15, 0.2) is 0 Å². The van der Waals surface area contributed by atoms with Crippen molar-refractivity contribution in [3.63, 3.8) is 0 Å². The minimum Gasteiger partial charge on any atom is -0.507 e. The predicted molar refractivity (Wildman–Crippen MR) is 118 cm³/mol. The van der Waals surface area contributed by atoms with Crippen LogP contribution in [0.2, 0.25) is 0 Å². The van der Waals surface area contributed by atoms with Crippen LogP contribution in [-0.4, -0.2) is 16.1 Å². The number of ether oxygens (including phenoxy) is 1. The van der Waals surface area contributed by atoms with Gasteiger partial charge in [0.1, 0.15) is 17.2 Å². The SMILES string of the molecule is O=C(Oc1ccc2ccccc2c1-c1c(O)ccc2ccccc12)c1ccccn1. The summed E-state index contributed by atoms with van der Waals surface area (Å²) in [6, 6.07) is 28.0. The molecule has 5 rings (SSSR count). The van der Waals surface area contributed by atoms with E-state index >= 15 is 0 Å².